The molecule has 0 amide bonds. The number of benzene rings is 1. The summed E-state index contributed by atoms with van der Waals surface area (Å²) in [4.78, 5) is 2.33. The minimum absolute atomic E-state index is 0.383. The molecule has 2 unspecified atom stereocenters. The lowest BCUT2D eigenvalue weighted by molar-refractivity contribution is 0.356. The molecule has 1 N–H and O–H groups in total. The van der Waals surface area contributed by atoms with E-state index < -0.39 is 0 Å². The highest BCUT2D eigenvalue weighted by molar-refractivity contribution is 6.44. The van der Waals surface area contributed by atoms with E-state index in [1.807, 2.05) is 6.07 Å². The van der Waals surface area contributed by atoms with Gasteiger partial charge in [-0.3, -0.25) is 0 Å². The van der Waals surface area contributed by atoms with Crippen LogP contribution in [0.25, 0.3) is 0 Å². The van der Waals surface area contributed by atoms with Crippen molar-refractivity contribution in [1.29, 1.82) is 0 Å². The Hall–Kier alpha value is -0.150. The van der Waals surface area contributed by atoms with Gasteiger partial charge < -0.3 is 10.2 Å². The first kappa shape index (κ1) is 16.2. The number of nitrogens with one attached hydrogen (secondary N) is 1. The van der Waals surface area contributed by atoms with E-state index in [1.165, 1.54) is 0 Å². The second-order valence-electron chi connectivity index (χ2n) is 5.95. The molecule has 5 heteroatoms. The van der Waals surface area contributed by atoms with Crippen LogP contribution >= 0.6 is 34.8 Å². The molecular weight excluding hydrogens is 315 g/mol. The van der Waals surface area contributed by atoms with Crippen molar-refractivity contribution in [3.8, 4) is 0 Å². The third-order valence-corrected chi connectivity index (χ3v) is 4.73. The van der Waals surface area contributed by atoms with Crippen molar-refractivity contribution in [2.75, 3.05) is 18.0 Å². The van der Waals surface area contributed by atoms with Crippen molar-refractivity contribution in [1.82, 2.24) is 5.32 Å². The van der Waals surface area contributed by atoms with Crippen molar-refractivity contribution >= 4 is 40.5 Å². The minimum atomic E-state index is 0.383. The summed E-state index contributed by atoms with van der Waals surface area (Å²) >= 11 is 18.5. The number of nitrogens with zero attached hydrogens (tertiary/aromatic N) is 1. The van der Waals surface area contributed by atoms with E-state index in [0.717, 1.165) is 25.2 Å². The van der Waals surface area contributed by atoms with Crippen LogP contribution in [0.4, 0.5) is 5.69 Å². The second-order valence-corrected chi connectivity index (χ2v) is 7.18. The third kappa shape index (κ3) is 3.73. The van der Waals surface area contributed by atoms with E-state index >= 15 is 0 Å². The van der Waals surface area contributed by atoms with Crippen LogP contribution in [0, 0.1) is 5.92 Å². The number of hydrogen-bond acceptors (Lipinski definition) is 2. The molecule has 2 atom stereocenters. The topological polar surface area (TPSA) is 15.3 Å². The Bertz CT molecular complexity index is 476. The fourth-order valence-electron chi connectivity index (χ4n) is 2.72. The molecule has 112 valence electrons. The second kappa shape index (κ2) is 6.74. The summed E-state index contributed by atoms with van der Waals surface area (Å²) < 4.78 is 0. The summed E-state index contributed by atoms with van der Waals surface area (Å²) in [5, 5.41) is 5.32. The molecule has 2 rings (SSSR count). The van der Waals surface area contributed by atoms with E-state index in [-0.39, 0.29) is 0 Å². The molecule has 1 aromatic carbocycles. The Labute approximate surface area is 136 Å². The van der Waals surface area contributed by atoms with Crippen molar-refractivity contribution in [3.63, 3.8) is 0 Å². The molecule has 1 aromatic rings. The summed E-state index contributed by atoms with van der Waals surface area (Å²) in [7, 11) is 0. The van der Waals surface area contributed by atoms with Gasteiger partial charge in [-0.1, -0.05) is 48.7 Å². The highest BCUT2D eigenvalue weighted by Crippen LogP contribution is 2.36. The van der Waals surface area contributed by atoms with Gasteiger partial charge in [0.2, 0.25) is 0 Å². The van der Waals surface area contributed by atoms with Gasteiger partial charge >= 0.3 is 0 Å². The maximum absolute atomic E-state index is 6.35. The summed E-state index contributed by atoms with van der Waals surface area (Å²) in [5.41, 5.74) is 0.976. The van der Waals surface area contributed by atoms with E-state index in [0.29, 0.717) is 33.1 Å². The average molecular weight is 336 g/mol. The molecule has 1 saturated heterocycles. The lowest BCUT2D eigenvalue weighted by Gasteiger charge is -2.41. The first-order chi connectivity index (χ1) is 9.38. The molecule has 0 spiro atoms. The van der Waals surface area contributed by atoms with E-state index in [9.17, 15) is 0 Å². The Morgan fingerprint density at radius 2 is 1.85 bits per heavy atom. The molecule has 2 nitrogen and oxygen atoms in total. The van der Waals surface area contributed by atoms with E-state index in [2.05, 4.69) is 31.0 Å². The summed E-state index contributed by atoms with van der Waals surface area (Å²) in [5.74, 6) is 0.673. The predicted octanol–water partition coefficient (Wildman–Crippen LogP) is 4.86. The predicted molar refractivity (Wildman–Crippen MR) is 89.5 cm³/mol. The zero-order valence-corrected chi connectivity index (χ0v) is 14.4. The van der Waals surface area contributed by atoms with Crippen molar-refractivity contribution in [2.45, 2.75) is 39.3 Å². The van der Waals surface area contributed by atoms with Crippen molar-refractivity contribution in [2.24, 2.45) is 5.92 Å². The summed E-state index contributed by atoms with van der Waals surface area (Å²) in [6.07, 6.45) is 1.15. The average Bonchev–Trinajstić information content (AvgIpc) is 2.36. The van der Waals surface area contributed by atoms with Crippen LogP contribution in [0.1, 0.15) is 27.2 Å². The van der Waals surface area contributed by atoms with Gasteiger partial charge in [0.1, 0.15) is 0 Å². The Balaban J connectivity index is 2.23. The van der Waals surface area contributed by atoms with Crippen LogP contribution in [0.3, 0.4) is 0 Å². The molecule has 1 aliphatic heterocycles. The van der Waals surface area contributed by atoms with Gasteiger partial charge in [-0.15, -0.1) is 0 Å². The monoisotopic (exact) mass is 334 g/mol. The summed E-state index contributed by atoms with van der Waals surface area (Å²) in [6.45, 7) is 8.58. The first-order valence-corrected chi connectivity index (χ1v) is 8.16. The molecular formula is C15H21Cl3N2. The van der Waals surface area contributed by atoms with E-state index in [4.69, 9.17) is 34.8 Å². The largest absolute Gasteiger partial charge is 0.365 e. The Morgan fingerprint density at radius 1 is 1.20 bits per heavy atom. The fourth-order valence-corrected chi connectivity index (χ4v) is 3.37. The number of anilines is 1. The zero-order valence-electron chi connectivity index (χ0n) is 12.1. The first-order valence-electron chi connectivity index (χ1n) is 7.03. The van der Waals surface area contributed by atoms with Crippen molar-refractivity contribution in [3.05, 3.63) is 27.2 Å². The number of piperazine rings is 1. The fraction of sp³-hybridized carbons (Fsp3) is 0.600. The lowest BCUT2D eigenvalue weighted by atomic mass is 9.99. The molecule has 20 heavy (non-hydrogen) atoms. The number of halogens is 3. The summed E-state index contributed by atoms with van der Waals surface area (Å²) in [6, 6.07) is 4.47. The van der Waals surface area contributed by atoms with Gasteiger partial charge in [0.15, 0.2) is 0 Å². The van der Waals surface area contributed by atoms with Gasteiger partial charge in [0.25, 0.3) is 0 Å². The van der Waals surface area contributed by atoms with Crippen LogP contribution in [0.15, 0.2) is 12.1 Å². The Kier molecular flexibility index (Phi) is 5.47. The van der Waals surface area contributed by atoms with Crippen LogP contribution in [0.2, 0.25) is 15.1 Å². The molecule has 0 saturated carbocycles. The SMILES string of the molecule is CC(C)CC1CN(c2cc(Cl)c(Cl)cc2Cl)C(C)CN1. The normalized spacial score (nSPS) is 23.4. The molecule has 0 bridgehead atoms. The van der Waals surface area contributed by atoms with Crippen LogP contribution in [-0.4, -0.2) is 25.2 Å². The Morgan fingerprint density at radius 3 is 2.50 bits per heavy atom. The maximum Gasteiger partial charge on any atom is 0.0655 e. The molecule has 0 radical (unpaired) electrons. The zero-order chi connectivity index (χ0) is 14.9. The molecule has 0 aliphatic carbocycles. The smallest absolute Gasteiger partial charge is 0.0655 e. The molecule has 1 heterocycles. The van der Waals surface area contributed by atoms with Crippen molar-refractivity contribution < 1.29 is 0 Å². The number of hydrogen-bond donors (Lipinski definition) is 1. The third-order valence-electron chi connectivity index (χ3n) is 3.71. The van der Waals surface area contributed by atoms with Crippen LogP contribution in [-0.2, 0) is 0 Å². The number of rotatable bonds is 3. The minimum Gasteiger partial charge on any atom is -0.365 e. The highest BCUT2D eigenvalue weighted by atomic mass is 35.5. The van der Waals surface area contributed by atoms with Gasteiger partial charge in [-0.2, -0.15) is 0 Å². The lowest BCUT2D eigenvalue weighted by Crippen LogP contribution is -2.56. The van der Waals surface area contributed by atoms with Crippen LogP contribution < -0.4 is 10.2 Å². The van der Waals surface area contributed by atoms with Crippen LogP contribution in [0.5, 0.6) is 0 Å². The highest BCUT2D eigenvalue weighted by Gasteiger charge is 2.27. The molecule has 1 aliphatic rings. The molecule has 1 fully saturated rings. The molecule has 0 aromatic heterocycles. The van der Waals surface area contributed by atoms with E-state index in [1.54, 1.807) is 6.07 Å². The quantitative estimate of drug-likeness (QED) is 0.794. The van der Waals surface area contributed by atoms with Gasteiger partial charge in [-0.05, 0) is 31.4 Å². The standard InChI is InChI=1S/C15H21Cl3N2/c1-9(2)4-11-8-20(10(3)7-19-11)15-6-13(17)12(16)5-14(15)18/h5-6,9-11,19H,4,7-8H2,1-3H3. The maximum atomic E-state index is 6.35. The van der Waals surface area contributed by atoms with Gasteiger partial charge in [0.05, 0.1) is 20.8 Å². The van der Waals surface area contributed by atoms with Gasteiger partial charge in [-0.25, -0.2) is 0 Å². The van der Waals surface area contributed by atoms with Gasteiger partial charge in [0, 0.05) is 25.2 Å².